The number of nitrogens with zero attached hydrogens (tertiary/aromatic N) is 3. The molecule has 1 aromatic heterocycles. The minimum Gasteiger partial charge on any atom is -0.331 e. The van der Waals surface area contributed by atoms with E-state index in [1.807, 2.05) is 32.0 Å². The Balaban J connectivity index is 1.74. The number of nitrogens with one attached hydrogen (secondary N) is 3. The van der Waals surface area contributed by atoms with E-state index in [9.17, 15) is 8.42 Å². The number of benzene rings is 2. The van der Waals surface area contributed by atoms with Gasteiger partial charge in [0.2, 0.25) is 21.9 Å². The number of nitrogens with two attached hydrogens (primary N) is 1. The number of rotatable bonds is 6. The summed E-state index contributed by atoms with van der Waals surface area (Å²) in [7, 11) is -3.73. The van der Waals surface area contributed by atoms with Crippen molar-refractivity contribution in [3.8, 4) is 0 Å². The molecular formula is C22H24ClN7O2S2. The molecule has 0 aliphatic heterocycles. The van der Waals surface area contributed by atoms with Gasteiger partial charge in [-0.05, 0) is 68.4 Å². The Morgan fingerprint density at radius 1 is 1.06 bits per heavy atom. The minimum atomic E-state index is -3.73. The Kier molecular flexibility index (Phi) is 8.51. The van der Waals surface area contributed by atoms with Gasteiger partial charge in [-0.3, -0.25) is 10.3 Å². The fraction of sp³-hybridized carbons (Fsp3) is 0.182. The standard InChI is InChI=1S/C22H24ClN7O2S2/c1-14-13-15(2)27-21(26-14)29-20(30-22(33)28-19-6-4-3-5-18(19)23)25-12-11-16-7-9-17(10-8-16)34(24,31)32/h3-10,13H,11-12H2,1-2H3,(H2,24,31,32)(H3,25,26,27,28,29,30,33). The predicted octanol–water partition coefficient (Wildman–Crippen LogP) is 3.39. The van der Waals surface area contributed by atoms with Crippen LogP contribution in [0.1, 0.15) is 17.0 Å². The lowest BCUT2D eigenvalue weighted by atomic mass is 10.1. The summed E-state index contributed by atoms with van der Waals surface area (Å²) < 4.78 is 22.8. The average Bonchev–Trinajstić information content (AvgIpc) is 2.74. The molecule has 1 heterocycles. The molecule has 0 aliphatic carbocycles. The zero-order chi connectivity index (χ0) is 24.7. The lowest BCUT2D eigenvalue weighted by Gasteiger charge is -2.15. The molecule has 0 radical (unpaired) electrons. The van der Waals surface area contributed by atoms with Crippen molar-refractivity contribution in [2.24, 2.45) is 10.1 Å². The molecule has 0 fully saturated rings. The maximum Gasteiger partial charge on any atom is 0.238 e. The summed E-state index contributed by atoms with van der Waals surface area (Å²) in [5.41, 5.74) is 3.16. The lowest BCUT2D eigenvalue weighted by molar-refractivity contribution is 0.598. The molecular weight excluding hydrogens is 494 g/mol. The Morgan fingerprint density at radius 3 is 2.32 bits per heavy atom. The molecule has 3 rings (SSSR count). The van der Waals surface area contributed by atoms with Crippen LogP contribution in [0, 0.1) is 13.8 Å². The molecule has 12 heteroatoms. The number of anilines is 2. The summed E-state index contributed by atoms with van der Waals surface area (Å²) in [5.74, 6) is 0.720. The summed E-state index contributed by atoms with van der Waals surface area (Å²) in [6, 6.07) is 15.4. The highest BCUT2D eigenvalue weighted by molar-refractivity contribution is 7.89. The second-order valence-electron chi connectivity index (χ2n) is 7.33. The number of sulfonamides is 1. The molecule has 34 heavy (non-hydrogen) atoms. The molecule has 0 bridgehead atoms. The highest BCUT2D eigenvalue weighted by atomic mass is 35.5. The van der Waals surface area contributed by atoms with Crippen molar-refractivity contribution in [3.63, 3.8) is 0 Å². The number of guanidine groups is 1. The SMILES string of the molecule is Cc1cc(C)nc(NC(=NCCc2ccc(S(N)(=O)=O)cc2)NC(=S)Nc2ccccc2Cl)n1. The first kappa shape index (κ1) is 25.5. The maximum absolute atomic E-state index is 11.4. The van der Waals surface area contributed by atoms with Crippen LogP contribution in [-0.4, -0.2) is 36.0 Å². The van der Waals surface area contributed by atoms with E-state index in [1.54, 1.807) is 24.3 Å². The average molecular weight is 518 g/mol. The fourth-order valence-electron chi connectivity index (χ4n) is 2.96. The third kappa shape index (κ3) is 7.73. The topological polar surface area (TPSA) is 134 Å². The molecule has 5 N–H and O–H groups in total. The lowest BCUT2D eigenvalue weighted by Crippen LogP contribution is -2.39. The van der Waals surface area contributed by atoms with E-state index in [2.05, 4.69) is 30.9 Å². The minimum absolute atomic E-state index is 0.0618. The van der Waals surface area contributed by atoms with E-state index < -0.39 is 10.0 Å². The number of hydrogen-bond acceptors (Lipinski definition) is 6. The van der Waals surface area contributed by atoms with Gasteiger partial charge in [-0.1, -0.05) is 35.9 Å². The van der Waals surface area contributed by atoms with Crippen molar-refractivity contribution in [1.82, 2.24) is 15.3 Å². The largest absolute Gasteiger partial charge is 0.331 e. The van der Waals surface area contributed by atoms with Gasteiger partial charge in [0.1, 0.15) is 0 Å². The number of aliphatic imine (C=N–C) groups is 1. The van der Waals surface area contributed by atoms with Crippen LogP contribution in [0.2, 0.25) is 5.02 Å². The zero-order valence-corrected chi connectivity index (χ0v) is 20.9. The molecule has 178 valence electrons. The smallest absolute Gasteiger partial charge is 0.238 e. The van der Waals surface area contributed by atoms with Crippen molar-refractivity contribution < 1.29 is 8.42 Å². The molecule has 2 aromatic carbocycles. The molecule has 0 saturated carbocycles. The van der Waals surface area contributed by atoms with Gasteiger partial charge in [0.25, 0.3) is 0 Å². The Bertz CT molecular complexity index is 1290. The van der Waals surface area contributed by atoms with Crippen molar-refractivity contribution in [2.45, 2.75) is 25.2 Å². The molecule has 0 aliphatic rings. The van der Waals surface area contributed by atoms with Gasteiger partial charge >= 0.3 is 0 Å². The van der Waals surface area contributed by atoms with Crippen molar-refractivity contribution in [2.75, 3.05) is 17.2 Å². The van der Waals surface area contributed by atoms with Crippen molar-refractivity contribution in [1.29, 1.82) is 0 Å². The number of para-hydroxylation sites is 1. The summed E-state index contributed by atoms with van der Waals surface area (Å²) in [4.78, 5) is 13.4. The van der Waals surface area contributed by atoms with Crippen LogP contribution in [0.4, 0.5) is 11.6 Å². The third-order valence-electron chi connectivity index (χ3n) is 4.49. The normalized spacial score (nSPS) is 11.7. The maximum atomic E-state index is 11.4. The van der Waals surface area contributed by atoms with Crippen LogP contribution in [0.15, 0.2) is 64.5 Å². The van der Waals surface area contributed by atoms with Crippen molar-refractivity contribution >= 4 is 56.5 Å². The number of thiocarbonyl (C=S) groups is 1. The van der Waals surface area contributed by atoms with Crippen LogP contribution in [-0.2, 0) is 16.4 Å². The molecule has 3 aromatic rings. The summed E-state index contributed by atoms with van der Waals surface area (Å²) in [5, 5.41) is 15.1. The van der Waals surface area contributed by atoms with Crippen LogP contribution in [0.25, 0.3) is 0 Å². The van der Waals surface area contributed by atoms with Gasteiger partial charge in [-0.25, -0.2) is 23.5 Å². The summed E-state index contributed by atoms with van der Waals surface area (Å²) in [6.07, 6.45) is 0.552. The van der Waals surface area contributed by atoms with E-state index in [0.29, 0.717) is 35.6 Å². The first-order chi connectivity index (χ1) is 16.1. The fourth-order valence-corrected chi connectivity index (χ4v) is 3.87. The Hall–Kier alpha value is -3.12. The second-order valence-corrected chi connectivity index (χ2v) is 9.70. The van der Waals surface area contributed by atoms with Gasteiger partial charge in [-0.2, -0.15) is 0 Å². The van der Waals surface area contributed by atoms with Crippen LogP contribution >= 0.6 is 23.8 Å². The van der Waals surface area contributed by atoms with Crippen molar-refractivity contribution in [3.05, 3.63) is 76.6 Å². The second kappa shape index (κ2) is 11.3. The van der Waals surface area contributed by atoms with E-state index in [1.165, 1.54) is 12.1 Å². The first-order valence-corrected chi connectivity index (χ1v) is 12.5. The molecule has 9 nitrogen and oxygen atoms in total. The molecule has 0 unspecified atom stereocenters. The van der Waals surface area contributed by atoms with Gasteiger partial charge < -0.3 is 10.6 Å². The van der Waals surface area contributed by atoms with E-state index in [4.69, 9.17) is 29.0 Å². The Morgan fingerprint density at radius 2 is 1.71 bits per heavy atom. The number of hydrogen-bond donors (Lipinski definition) is 4. The van der Waals surface area contributed by atoms with Gasteiger partial charge in [0.05, 0.1) is 15.6 Å². The quantitative estimate of drug-likeness (QED) is 0.222. The summed E-state index contributed by atoms with van der Waals surface area (Å²) >= 11 is 11.6. The van der Waals surface area contributed by atoms with Crippen LogP contribution in [0.3, 0.4) is 0 Å². The van der Waals surface area contributed by atoms with Gasteiger partial charge in [-0.15, -0.1) is 0 Å². The van der Waals surface area contributed by atoms with Crippen LogP contribution < -0.4 is 21.1 Å². The monoisotopic (exact) mass is 517 g/mol. The third-order valence-corrected chi connectivity index (χ3v) is 5.95. The number of halogens is 1. The molecule has 0 saturated heterocycles. The van der Waals surface area contributed by atoms with E-state index in [-0.39, 0.29) is 10.0 Å². The van der Waals surface area contributed by atoms with Gasteiger partial charge in [0.15, 0.2) is 5.11 Å². The highest BCUT2D eigenvalue weighted by Crippen LogP contribution is 2.20. The first-order valence-electron chi connectivity index (χ1n) is 10.2. The van der Waals surface area contributed by atoms with E-state index in [0.717, 1.165) is 17.0 Å². The molecule has 0 atom stereocenters. The number of aromatic nitrogens is 2. The molecule has 0 spiro atoms. The zero-order valence-electron chi connectivity index (χ0n) is 18.5. The Labute approximate surface area is 208 Å². The molecule has 0 amide bonds. The highest BCUT2D eigenvalue weighted by Gasteiger charge is 2.09. The summed E-state index contributed by atoms with van der Waals surface area (Å²) in [6.45, 7) is 4.13. The van der Waals surface area contributed by atoms with Gasteiger partial charge in [0, 0.05) is 17.9 Å². The van der Waals surface area contributed by atoms with E-state index >= 15 is 0 Å². The predicted molar refractivity (Wildman–Crippen MR) is 140 cm³/mol. The number of aryl methyl sites for hydroxylation is 2. The number of primary sulfonamides is 1. The van der Waals surface area contributed by atoms with Crippen LogP contribution in [0.5, 0.6) is 0 Å².